The van der Waals surface area contributed by atoms with Crippen molar-refractivity contribution in [3.63, 3.8) is 0 Å². The molecule has 1 aromatic heterocycles. The van der Waals surface area contributed by atoms with Crippen LogP contribution in [0.25, 0.3) is 12.7 Å². The van der Waals surface area contributed by atoms with Gasteiger partial charge in [-0.05, 0) is 64.4 Å². The van der Waals surface area contributed by atoms with Crippen molar-refractivity contribution in [2.24, 2.45) is 18.0 Å². The molecule has 1 aromatic rings. The van der Waals surface area contributed by atoms with Crippen molar-refractivity contribution in [3.05, 3.63) is 39.6 Å². The van der Waals surface area contributed by atoms with Gasteiger partial charge in [0, 0.05) is 13.6 Å². The van der Waals surface area contributed by atoms with Crippen LogP contribution in [0.15, 0.2) is 28.3 Å². The summed E-state index contributed by atoms with van der Waals surface area (Å²) in [5.41, 5.74) is 5.22. The highest BCUT2D eigenvalue weighted by atomic mass is 15.2. The van der Waals surface area contributed by atoms with Crippen LogP contribution in [0.3, 0.4) is 0 Å². The first-order valence-corrected chi connectivity index (χ1v) is 9.39. The van der Waals surface area contributed by atoms with E-state index >= 15 is 0 Å². The third kappa shape index (κ3) is 3.22. The minimum Gasteiger partial charge on any atom is -0.326 e. The zero-order valence-corrected chi connectivity index (χ0v) is 15.7. The lowest BCUT2D eigenvalue weighted by molar-refractivity contribution is 0.685. The summed E-state index contributed by atoms with van der Waals surface area (Å²) >= 11 is 0. The van der Waals surface area contributed by atoms with Gasteiger partial charge in [0.15, 0.2) is 5.49 Å². The van der Waals surface area contributed by atoms with E-state index in [1.807, 2.05) is 0 Å². The molecule has 2 aliphatic carbocycles. The minimum absolute atomic E-state index is 0.224. The molecule has 1 saturated carbocycles. The molecule has 0 radical (unpaired) electrons. The molecule has 0 saturated heterocycles. The summed E-state index contributed by atoms with van der Waals surface area (Å²) in [6, 6.07) is 0.224. The van der Waals surface area contributed by atoms with Crippen LogP contribution >= 0.6 is 0 Å². The standard InChI is InChI=1S/C21H31N3/c1-6-20-21(23(5)16(4)24(20)7-2)22-15(3)18-10-8-9-11-19(14-18)17-12-13-17/h6,10-11,15,17H,4,7-9,12-14H2,1-3,5H3. The Morgan fingerprint density at radius 3 is 2.67 bits per heavy atom. The summed E-state index contributed by atoms with van der Waals surface area (Å²) in [6.45, 7) is 11.6. The second-order valence-corrected chi connectivity index (χ2v) is 7.11. The fourth-order valence-corrected chi connectivity index (χ4v) is 3.79. The number of aromatic nitrogens is 2. The van der Waals surface area contributed by atoms with Crippen molar-refractivity contribution in [2.75, 3.05) is 0 Å². The van der Waals surface area contributed by atoms with Crippen LogP contribution in [0, 0.1) is 5.92 Å². The molecule has 1 fully saturated rings. The molecule has 130 valence electrons. The monoisotopic (exact) mass is 325 g/mol. The van der Waals surface area contributed by atoms with Gasteiger partial charge in [-0.15, -0.1) is 0 Å². The van der Waals surface area contributed by atoms with Crippen LogP contribution in [-0.4, -0.2) is 15.2 Å². The molecule has 0 amide bonds. The van der Waals surface area contributed by atoms with Crippen LogP contribution < -0.4 is 16.3 Å². The highest BCUT2D eigenvalue weighted by Gasteiger charge is 2.27. The van der Waals surface area contributed by atoms with Crippen LogP contribution in [0.5, 0.6) is 0 Å². The number of hydrogen-bond donors (Lipinski definition) is 0. The molecule has 3 nitrogen and oxygen atoms in total. The summed E-state index contributed by atoms with van der Waals surface area (Å²) in [6.07, 6.45) is 13.3. The number of nitrogens with zero attached hydrogens (tertiary/aromatic N) is 3. The number of rotatable bonds is 4. The number of allylic oxidation sites excluding steroid dienone is 3. The van der Waals surface area contributed by atoms with Gasteiger partial charge in [-0.25, -0.2) is 0 Å². The van der Waals surface area contributed by atoms with E-state index in [1.54, 1.807) is 5.57 Å². The molecule has 0 bridgehead atoms. The third-order valence-corrected chi connectivity index (χ3v) is 5.47. The smallest absolute Gasteiger partial charge is 0.153 e. The molecule has 0 spiro atoms. The van der Waals surface area contributed by atoms with Crippen LogP contribution in [0.4, 0.5) is 0 Å². The Labute approximate surface area is 145 Å². The predicted octanol–water partition coefficient (Wildman–Crippen LogP) is 2.79. The van der Waals surface area contributed by atoms with Crippen LogP contribution in [-0.2, 0) is 13.6 Å². The Morgan fingerprint density at radius 2 is 2.04 bits per heavy atom. The van der Waals surface area contributed by atoms with Crippen molar-refractivity contribution in [3.8, 4) is 0 Å². The summed E-state index contributed by atoms with van der Waals surface area (Å²) in [5, 5.41) is 1.18. The van der Waals surface area contributed by atoms with Crippen molar-refractivity contribution < 1.29 is 0 Å². The predicted molar refractivity (Wildman–Crippen MR) is 102 cm³/mol. The van der Waals surface area contributed by atoms with Gasteiger partial charge in [-0.1, -0.05) is 30.4 Å². The Bertz CT molecular complexity index is 841. The first kappa shape index (κ1) is 17.1. The maximum absolute atomic E-state index is 5.11. The topological polar surface area (TPSA) is 22.2 Å². The van der Waals surface area contributed by atoms with E-state index in [0.29, 0.717) is 0 Å². The lowest BCUT2D eigenvalue weighted by Gasteiger charge is -2.13. The maximum Gasteiger partial charge on any atom is 0.153 e. The normalized spacial score (nSPS) is 21.5. The molecule has 0 aromatic carbocycles. The molecule has 1 heterocycles. The van der Waals surface area contributed by atoms with Gasteiger partial charge in [0.2, 0.25) is 0 Å². The van der Waals surface area contributed by atoms with Crippen LogP contribution in [0.2, 0.25) is 0 Å². The average molecular weight is 326 g/mol. The van der Waals surface area contributed by atoms with Gasteiger partial charge in [0.1, 0.15) is 5.48 Å². The molecule has 0 aliphatic heterocycles. The van der Waals surface area contributed by atoms with Crippen LogP contribution in [0.1, 0.15) is 52.9 Å². The quantitative estimate of drug-likeness (QED) is 0.760. The van der Waals surface area contributed by atoms with Crippen molar-refractivity contribution in [1.29, 1.82) is 0 Å². The van der Waals surface area contributed by atoms with Gasteiger partial charge < -0.3 is 9.13 Å². The lowest BCUT2D eigenvalue weighted by atomic mass is 9.98. The summed E-state index contributed by atoms with van der Waals surface area (Å²) in [5.74, 6) is 0.863. The minimum atomic E-state index is 0.224. The number of hydrogen-bond acceptors (Lipinski definition) is 1. The van der Waals surface area contributed by atoms with E-state index in [9.17, 15) is 0 Å². The largest absolute Gasteiger partial charge is 0.326 e. The molecule has 1 atom stereocenters. The lowest BCUT2D eigenvalue weighted by Crippen LogP contribution is -2.34. The number of imidazole rings is 1. The molecular weight excluding hydrogens is 294 g/mol. The molecule has 3 heteroatoms. The van der Waals surface area contributed by atoms with Gasteiger partial charge in [0.05, 0.1) is 11.4 Å². The summed E-state index contributed by atoms with van der Waals surface area (Å²) in [7, 11) is 2.07. The fourth-order valence-electron chi connectivity index (χ4n) is 3.79. The van der Waals surface area contributed by atoms with E-state index in [2.05, 4.69) is 61.8 Å². The Balaban J connectivity index is 1.98. The van der Waals surface area contributed by atoms with Crippen molar-refractivity contribution in [2.45, 2.75) is 65.5 Å². The Morgan fingerprint density at radius 1 is 1.33 bits per heavy atom. The summed E-state index contributed by atoms with van der Waals surface area (Å²) < 4.78 is 4.37. The van der Waals surface area contributed by atoms with Gasteiger partial charge in [0.25, 0.3) is 0 Å². The molecule has 24 heavy (non-hydrogen) atoms. The highest BCUT2D eigenvalue weighted by Crippen LogP contribution is 2.41. The fraction of sp³-hybridized carbons (Fsp3) is 0.571. The van der Waals surface area contributed by atoms with E-state index in [4.69, 9.17) is 4.99 Å². The van der Waals surface area contributed by atoms with Crippen molar-refractivity contribution in [1.82, 2.24) is 9.13 Å². The molecular formula is C21H31N3. The van der Waals surface area contributed by atoms with E-state index in [-0.39, 0.29) is 6.04 Å². The third-order valence-electron chi connectivity index (χ3n) is 5.47. The second-order valence-electron chi connectivity index (χ2n) is 7.11. The SMILES string of the molecule is C=c1n(C)c(=NC(C)C2=CCCC=C(C3CC3)C2)c(=CC)n1CC. The zero-order chi connectivity index (χ0) is 17.3. The molecule has 1 unspecified atom stereocenters. The molecule has 3 rings (SSSR count). The van der Waals surface area contributed by atoms with E-state index in [1.165, 1.54) is 30.2 Å². The summed E-state index contributed by atoms with van der Waals surface area (Å²) in [4.78, 5) is 5.11. The Hall–Kier alpha value is -1.77. The van der Waals surface area contributed by atoms with Crippen molar-refractivity contribution >= 4 is 12.7 Å². The highest BCUT2D eigenvalue weighted by molar-refractivity contribution is 5.26. The van der Waals surface area contributed by atoms with Gasteiger partial charge in [-0.3, -0.25) is 4.99 Å². The molecule has 2 aliphatic rings. The zero-order valence-electron chi connectivity index (χ0n) is 15.7. The van der Waals surface area contributed by atoms with Gasteiger partial charge >= 0.3 is 0 Å². The van der Waals surface area contributed by atoms with Gasteiger partial charge in [-0.2, -0.15) is 0 Å². The average Bonchev–Trinajstić information content (AvgIpc) is 3.39. The molecule has 0 N–H and O–H groups in total. The Kier molecular flexibility index (Phi) is 4.98. The maximum atomic E-state index is 5.11. The van der Waals surface area contributed by atoms with E-state index in [0.717, 1.165) is 36.3 Å². The second kappa shape index (κ2) is 7.00. The first-order chi connectivity index (χ1) is 11.6. The first-order valence-electron chi connectivity index (χ1n) is 9.39. The van der Waals surface area contributed by atoms with E-state index < -0.39 is 0 Å².